The average molecular weight is 803 g/mol. The van der Waals surface area contributed by atoms with Gasteiger partial charge in [-0.1, -0.05) is 164 Å². The van der Waals surface area contributed by atoms with Crippen LogP contribution in [0.4, 0.5) is 0 Å². The van der Waals surface area contributed by atoms with Crippen LogP contribution in [-0.4, -0.2) is 32.8 Å². The van der Waals surface area contributed by atoms with Crippen molar-refractivity contribution in [3.8, 4) is 62.0 Å². The highest BCUT2D eigenvalue weighted by molar-refractivity contribution is 7.70. The van der Waals surface area contributed by atoms with E-state index in [2.05, 4.69) is 156 Å². The first kappa shape index (κ1) is 36.6. The van der Waals surface area contributed by atoms with Gasteiger partial charge >= 0.3 is 0 Å². The van der Waals surface area contributed by atoms with Crippen molar-refractivity contribution < 1.29 is 4.57 Å². The van der Waals surface area contributed by atoms with Crippen molar-refractivity contribution in [3.05, 3.63) is 200 Å². The molecule has 290 valence electrons. The normalized spacial score (nSPS) is 11.8. The van der Waals surface area contributed by atoms with Gasteiger partial charge in [0.2, 0.25) is 0 Å². The molecule has 11 rings (SSSR count). The van der Waals surface area contributed by atoms with Gasteiger partial charge in [0.25, 0.3) is 0 Å². The van der Waals surface area contributed by atoms with Crippen LogP contribution in [0.1, 0.15) is 0 Å². The lowest BCUT2D eigenvalue weighted by Gasteiger charge is -2.14. The molecule has 0 aliphatic carbocycles. The lowest BCUT2D eigenvalue weighted by atomic mass is 9.94. The Morgan fingerprint density at radius 2 is 0.967 bits per heavy atom. The Morgan fingerprint density at radius 1 is 0.410 bits per heavy atom. The summed E-state index contributed by atoms with van der Waals surface area (Å²) in [5, 5.41) is 6.70. The van der Waals surface area contributed by atoms with Crippen LogP contribution in [0.15, 0.2) is 200 Å². The zero-order chi connectivity index (χ0) is 41.1. The summed E-state index contributed by atoms with van der Waals surface area (Å²) in [5.41, 5.74) is 13.1. The average Bonchev–Trinajstić information content (AvgIpc) is 3.66. The minimum absolute atomic E-state index is 0.641. The number of rotatable bonds is 7. The molecule has 0 atom stereocenters. The zero-order valence-electron chi connectivity index (χ0n) is 33.7. The van der Waals surface area contributed by atoms with E-state index in [9.17, 15) is 4.57 Å². The number of nitrogens with zero attached hydrogens (tertiary/aromatic N) is 4. The second kappa shape index (κ2) is 14.7. The van der Waals surface area contributed by atoms with Crippen molar-refractivity contribution in [1.82, 2.24) is 19.5 Å². The van der Waals surface area contributed by atoms with Gasteiger partial charge in [0, 0.05) is 54.8 Å². The summed E-state index contributed by atoms with van der Waals surface area (Å²) in [4.78, 5) is 15.6. The number of benzene rings is 8. The third-order valence-electron chi connectivity index (χ3n) is 11.7. The van der Waals surface area contributed by atoms with Crippen molar-refractivity contribution in [2.75, 3.05) is 13.3 Å². The van der Waals surface area contributed by atoms with Gasteiger partial charge in [0.05, 0.1) is 33.6 Å². The summed E-state index contributed by atoms with van der Waals surface area (Å²) in [5.74, 6) is 0.641. The molecule has 0 N–H and O–H groups in total. The topological polar surface area (TPSA) is 60.7 Å². The summed E-state index contributed by atoms with van der Waals surface area (Å²) in [6, 6.07) is 69.7. The summed E-state index contributed by atoms with van der Waals surface area (Å²) in [6.45, 7) is 3.59. The van der Waals surface area contributed by atoms with Crippen molar-refractivity contribution in [2.45, 2.75) is 0 Å². The molecular weight excluding hydrogens is 764 g/mol. The number of fused-ring (bicyclic) bond motifs is 7. The first-order chi connectivity index (χ1) is 29.9. The fourth-order valence-corrected chi connectivity index (χ4v) is 9.55. The lowest BCUT2D eigenvalue weighted by Crippen LogP contribution is -2.02. The van der Waals surface area contributed by atoms with Gasteiger partial charge in [0.15, 0.2) is 5.82 Å². The number of hydrogen-bond donors (Lipinski definition) is 0. The summed E-state index contributed by atoms with van der Waals surface area (Å²) < 4.78 is 15.1. The highest BCUT2D eigenvalue weighted by Crippen LogP contribution is 2.43. The molecule has 0 spiro atoms. The molecule has 0 saturated carbocycles. The van der Waals surface area contributed by atoms with Crippen LogP contribution < -0.4 is 5.30 Å². The molecule has 5 nitrogen and oxygen atoms in total. The first-order valence-corrected chi connectivity index (χ1v) is 23.1. The van der Waals surface area contributed by atoms with E-state index in [-0.39, 0.29) is 0 Å². The molecule has 0 radical (unpaired) electrons. The maximum Gasteiger partial charge on any atom is 0.160 e. The number of para-hydroxylation sites is 2. The van der Waals surface area contributed by atoms with Gasteiger partial charge in [-0.2, -0.15) is 0 Å². The Balaban J connectivity index is 1.04. The summed E-state index contributed by atoms with van der Waals surface area (Å²) >= 11 is 0. The molecule has 8 aromatic carbocycles. The monoisotopic (exact) mass is 802 g/mol. The Morgan fingerprint density at radius 3 is 1.66 bits per heavy atom. The Hall–Kier alpha value is -7.46. The van der Waals surface area contributed by atoms with Crippen LogP contribution in [0.2, 0.25) is 0 Å². The first-order valence-electron chi connectivity index (χ1n) is 20.5. The van der Waals surface area contributed by atoms with Gasteiger partial charge < -0.3 is 9.13 Å². The molecule has 3 aromatic heterocycles. The van der Waals surface area contributed by atoms with E-state index in [1.165, 1.54) is 21.7 Å². The maximum atomic E-state index is 12.8. The third-order valence-corrected chi connectivity index (χ3v) is 13.3. The lowest BCUT2D eigenvalue weighted by molar-refractivity contribution is 0.588. The molecule has 3 heterocycles. The minimum Gasteiger partial charge on any atom is -0.319 e. The largest absolute Gasteiger partial charge is 0.319 e. The molecule has 0 unspecified atom stereocenters. The second-order valence-corrected chi connectivity index (χ2v) is 19.1. The van der Waals surface area contributed by atoms with E-state index < -0.39 is 7.14 Å². The van der Waals surface area contributed by atoms with E-state index in [1.54, 1.807) is 13.3 Å². The summed E-state index contributed by atoms with van der Waals surface area (Å²) in [6.07, 6.45) is 0. The van der Waals surface area contributed by atoms with Crippen molar-refractivity contribution >= 4 is 55.9 Å². The molecule has 6 heteroatoms. The minimum atomic E-state index is -2.38. The van der Waals surface area contributed by atoms with E-state index in [0.29, 0.717) is 5.82 Å². The third kappa shape index (κ3) is 6.51. The van der Waals surface area contributed by atoms with Crippen LogP contribution in [-0.2, 0) is 4.57 Å². The Kier molecular flexibility index (Phi) is 8.80. The number of pyridine rings is 1. The van der Waals surface area contributed by atoms with Gasteiger partial charge in [0.1, 0.15) is 7.14 Å². The molecule has 0 saturated heterocycles. The fraction of sp³-hybridized carbons (Fsp3) is 0.0364. The number of aromatic nitrogens is 4. The van der Waals surface area contributed by atoms with E-state index in [0.717, 1.165) is 83.3 Å². The van der Waals surface area contributed by atoms with Crippen LogP contribution >= 0.6 is 7.14 Å². The fourth-order valence-electron chi connectivity index (χ4n) is 8.68. The van der Waals surface area contributed by atoms with Crippen LogP contribution in [0.5, 0.6) is 0 Å². The molecule has 0 fully saturated rings. The quantitative estimate of drug-likeness (QED) is 0.119. The Bertz CT molecular complexity index is 3490. The van der Waals surface area contributed by atoms with Gasteiger partial charge in [-0.05, 0) is 66.2 Å². The van der Waals surface area contributed by atoms with Crippen LogP contribution in [0, 0.1) is 0 Å². The SMILES string of the molecule is CP(C)(=O)c1ccc(-c2cc(-c3ccccc3)nc(-c3ccc(-c4ccc5c(c4)nc(-c4ccccc4)c4c5ccc5c4c4ccccc4n5-c4ccccc4)cc3)n2)cc1. The maximum absolute atomic E-state index is 12.8. The zero-order valence-corrected chi connectivity index (χ0v) is 34.6. The van der Waals surface area contributed by atoms with Crippen LogP contribution in [0.25, 0.3) is 105 Å². The molecule has 0 bridgehead atoms. The van der Waals surface area contributed by atoms with Crippen molar-refractivity contribution in [1.29, 1.82) is 0 Å². The molecular formula is C55H39N4OP. The van der Waals surface area contributed by atoms with E-state index in [4.69, 9.17) is 15.0 Å². The molecule has 61 heavy (non-hydrogen) atoms. The molecule has 0 amide bonds. The van der Waals surface area contributed by atoms with Crippen molar-refractivity contribution in [3.63, 3.8) is 0 Å². The van der Waals surface area contributed by atoms with E-state index in [1.807, 2.05) is 48.5 Å². The molecule has 11 aromatic rings. The second-order valence-electron chi connectivity index (χ2n) is 15.9. The highest BCUT2D eigenvalue weighted by Gasteiger charge is 2.20. The van der Waals surface area contributed by atoms with Gasteiger partial charge in [-0.3, -0.25) is 0 Å². The Labute approximate surface area is 354 Å². The van der Waals surface area contributed by atoms with E-state index >= 15 is 0 Å². The highest BCUT2D eigenvalue weighted by atomic mass is 31.2. The van der Waals surface area contributed by atoms with Crippen molar-refractivity contribution in [2.24, 2.45) is 0 Å². The summed E-state index contributed by atoms with van der Waals surface area (Å²) in [7, 11) is -2.38. The molecule has 0 aliphatic heterocycles. The standard InChI is InChI=1S/C55H39N4OP/c1-61(2,60)43-29-26-38(27-30-43)48-35-47(37-14-6-3-7-15-37)57-55(58-48)40-24-22-36(23-25-40)41-28-31-44-45-32-33-51-52(53(45)54(56-49(44)34-41)39-16-8-4-9-17-39)46-20-12-13-21-50(46)59(51)42-18-10-5-11-19-42/h3-35H,1-2H3. The smallest absolute Gasteiger partial charge is 0.160 e. The predicted octanol–water partition coefficient (Wildman–Crippen LogP) is 13.9. The van der Waals surface area contributed by atoms with Gasteiger partial charge in [-0.25, -0.2) is 15.0 Å². The molecule has 0 aliphatic rings. The number of hydrogen-bond acceptors (Lipinski definition) is 4. The predicted molar refractivity (Wildman–Crippen MR) is 255 cm³/mol. The van der Waals surface area contributed by atoms with Gasteiger partial charge in [-0.15, -0.1) is 0 Å². The van der Waals surface area contributed by atoms with Crippen LogP contribution in [0.3, 0.4) is 0 Å².